The van der Waals surface area contributed by atoms with Crippen LogP contribution in [0.2, 0.25) is 0 Å². The zero-order chi connectivity index (χ0) is 12.9. The summed E-state index contributed by atoms with van der Waals surface area (Å²) in [5, 5.41) is 0. The molecule has 0 radical (unpaired) electrons. The predicted octanol–water partition coefficient (Wildman–Crippen LogP) is 2.93. The van der Waals surface area contributed by atoms with Gasteiger partial charge in [-0.1, -0.05) is 11.8 Å². The first-order valence-electron chi connectivity index (χ1n) is 5.01. The van der Waals surface area contributed by atoms with Crippen LogP contribution in [0.5, 0.6) is 0 Å². The van der Waals surface area contributed by atoms with Gasteiger partial charge in [-0.05, 0) is 31.2 Å². The maximum atomic E-state index is 12.9. The molecule has 0 spiro atoms. The lowest BCUT2D eigenvalue weighted by Crippen LogP contribution is -2.08. The average Bonchev–Trinajstić information content (AvgIpc) is 2.25. The van der Waals surface area contributed by atoms with E-state index < -0.39 is 17.6 Å². The molecule has 0 saturated carbocycles. The van der Waals surface area contributed by atoms with Crippen LogP contribution in [-0.4, -0.2) is 6.54 Å². The molecule has 1 rings (SSSR count). The molecule has 0 bridgehead atoms. The summed E-state index contributed by atoms with van der Waals surface area (Å²) in [5.74, 6) is 3.94. The minimum atomic E-state index is -4.70. The number of alkyl halides is 3. The molecule has 0 aliphatic carbocycles. The van der Waals surface area contributed by atoms with Gasteiger partial charge >= 0.3 is 6.18 Å². The summed E-state index contributed by atoms with van der Waals surface area (Å²) in [6.07, 6.45) is -3.51. The van der Waals surface area contributed by atoms with Crippen molar-refractivity contribution in [3.63, 3.8) is 0 Å². The van der Waals surface area contributed by atoms with Crippen LogP contribution in [0.1, 0.15) is 24.0 Å². The van der Waals surface area contributed by atoms with Gasteiger partial charge in [-0.15, -0.1) is 0 Å². The molecule has 0 fully saturated rings. The molecule has 0 heterocycles. The second-order valence-electron chi connectivity index (χ2n) is 3.39. The van der Waals surface area contributed by atoms with Gasteiger partial charge in [0.2, 0.25) is 0 Å². The lowest BCUT2D eigenvalue weighted by Gasteiger charge is -2.07. The second kappa shape index (κ2) is 5.69. The van der Waals surface area contributed by atoms with Crippen LogP contribution in [0.25, 0.3) is 0 Å². The lowest BCUT2D eigenvalue weighted by atomic mass is 10.1. The quantitative estimate of drug-likeness (QED) is 0.484. The van der Waals surface area contributed by atoms with Crippen LogP contribution in [-0.2, 0) is 6.18 Å². The Morgan fingerprint density at radius 3 is 2.53 bits per heavy atom. The van der Waals surface area contributed by atoms with E-state index in [1.165, 1.54) is 6.07 Å². The fourth-order valence-corrected chi connectivity index (χ4v) is 1.18. The van der Waals surface area contributed by atoms with Gasteiger partial charge < -0.3 is 5.73 Å². The molecular weight excluding hydrogens is 234 g/mol. The van der Waals surface area contributed by atoms with Gasteiger partial charge in [0.05, 0.1) is 5.56 Å². The molecule has 17 heavy (non-hydrogen) atoms. The van der Waals surface area contributed by atoms with E-state index in [9.17, 15) is 17.6 Å². The van der Waals surface area contributed by atoms with Crippen molar-refractivity contribution in [2.45, 2.75) is 19.0 Å². The largest absolute Gasteiger partial charge is 0.419 e. The SMILES string of the molecule is NCCCC#Cc1ccc(F)c(C(F)(F)F)c1. The maximum absolute atomic E-state index is 12.9. The molecule has 0 saturated heterocycles. The van der Waals surface area contributed by atoms with Gasteiger partial charge in [-0.25, -0.2) is 4.39 Å². The molecule has 0 aliphatic rings. The zero-order valence-electron chi connectivity index (χ0n) is 8.94. The number of hydrogen-bond acceptors (Lipinski definition) is 1. The number of rotatable bonds is 2. The summed E-state index contributed by atoms with van der Waals surface area (Å²) in [6.45, 7) is 0.478. The molecule has 92 valence electrons. The average molecular weight is 245 g/mol. The lowest BCUT2D eigenvalue weighted by molar-refractivity contribution is -0.140. The Hall–Kier alpha value is -1.54. The number of unbranched alkanes of at least 4 members (excludes halogenated alkanes) is 1. The number of benzene rings is 1. The van der Waals surface area contributed by atoms with Crippen LogP contribution < -0.4 is 5.73 Å². The van der Waals surface area contributed by atoms with E-state index in [1.54, 1.807) is 0 Å². The van der Waals surface area contributed by atoms with Gasteiger partial charge in [-0.3, -0.25) is 0 Å². The van der Waals surface area contributed by atoms with Gasteiger partial charge in [-0.2, -0.15) is 13.2 Å². The summed E-state index contributed by atoms with van der Waals surface area (Å²) in [7, 11) is 0. The minimum Gasteiger partial charge on any atom is -0.330 e. The van der Waals surface area contributed by atoms with Crippen LogP contribution in [0.15, 0.2) is 18.2 Å². The zero-order valence-corrected chi connectivity index (χ0v) is 8.94. The van der Waals surface area contributed by atoms with Crippen molar-refractivity contribution >= 4 is 0 Å². The van der Waals surface area contributed by atoms with Gasteiger partial charge in [0.25, 0.3) is 0 Å². The molecule has 0 amide bonds. The van der Waals surface area contributed by atoms with Gasteiger partial charge in [0.15, 0.2) is 0 Å². The number of halogens is 4. The monoisotopic (exact) mass is 245 g/mol. The van der Waals surface area contributed by atoms with E-state index in [4.69, 9.17) is 5.73 Å². The fraction of sp³-hybridized carbons (Fsp3) is 0.333. The standard InChI is InChI=1S/C12H11F4N/c13-11-6-5-9(4-2-1-3-7-17)8-10(11)12(14,15)16/h5-6,8H,1,3,7,17H2. The van der Waals surface area contributed by atoms with Crippen molar-refractivity contribution in [3.05, 3.63) is 35.1 Å². The smallest absolute Gasteiger partial charge is 0.330 e. The first kappa shape index (κ1) is 13.5. The molecular formula is C12H11F4N. The highest BCUT2D eigenvalue weighted by molar-refractivity contribution is 5.38. The normalized spacial score (nSPS) is 10.9. The third kappa shape index (κ3) is 4.08. The van der Waals surface area contributed by atoms with E-state index in [0.717, 1.165) is 6.07 Å². The van der Waals surface area contributed by atoms with E-state index in [-0.39, 0.29) is 5.56 Å². The van der Waals surface area contributed by atoms with Crippen molar-refractivity contribution in [3.8, 4) is 11.8 Å². The molecule has 0 aromatic heterocycles. The Balaban J connectivity index is 2.92. The molecule has 1 nitrogen and oxygen atoms in total. The Morgan fingerprint density at radius 1 is 1.24 bits per heavy atom. The van der Waals surface area contributed by atoms with Crippen LogP contribution in [0, 0.1) is 17.7 Å². The third-order valence-electron chi connectivity index (χ3n) is 2.01. The van der Waals surface area contributed by atoms with E-state index in [1.807, 2.05) is 0 Å². The Morgan fingerprint density at radius 2 is 1.94 bits per heavy atom. The highest BCUT2D eigenvalue weighted by Gasteiger charge is 2.34. The van der Waals surface area contributed by atoms with Crippen molar-refractivity contribution in [2.24, 2.45) is 5.73 Å². The first-order valence-corrected chi connectivity index (χ1v) is 5.01. The summed E-state index contributed by atoms with van der Waals surface area (Å²) in [5.41, 5.74) is 4.10. The molecule has 1 aromatic rings. The summed E-state index contributed by atoms with van der Waals surface area (Å²) in [6, 6.07) is 2.71. The van der Waals surface area contributed by atoms with Crippen molar-refractivity contribution in [2.75, 3.05) is 6.54 Å². The van der Waals surface area contributed by atoms with E-state index in [2.05, 4.69) is 11.8 Å². The number of nitrogens with two attached hydrogens (primary N) is 1. The van der Waals surface area contributed by atoms with Crippen molar-refractivity contribution in [1.82, 2.24) is 0 Å². The third-order valence-corrected chi connectivity index (χ3v) is 2.01. The highest BCUT2D eigenvalue weighted by Crippen LogP contribution is 2.31. The fourth-order valence-electron chi connectivity index (χ4n) is 1.18. The van der Waals surface area contributed by atoms with Gasteiger partial charge in [0, 0.05) is 12.0 Å². The predicted molar refractivity (Wildman–Crippen MR) is 56.6 cm³/mol. The Kier molecular flexibility index (Phi) is 4.53. The molecule has 0 atom stereocenters. The molecule has 5 heteroatoms. The van der Waals surface area contributed by atoms with E-state index in [0.29, 0.717) is 25.5 Å². The van der Waals surface area contributed by atoms with Crippen LogP contribution >= 0.6 is 0 Å². The summed E-state index contributed by atoms with van der Waals surface area (Å²) >= 11 is 0. The first-order chi connectivity index (χ1) is 7.95. The number of hydrogen-bond donors (Lipinski definition) is 1. The van der Waals surface area contributed by atoms with Crippen LogP contribution in [0.3, 0.4) is 0 Å². The highest BCUT2D eigenvalue weighted by atomic mass is 19.4. The summed E-state index contributed by atoms with van der Waals surface area (Å²) < 4.78 is 50.0. The topological polar surface area (TPSA) is 26.0 Å². The van der Waals surface area contributed by atoms with Crippen LogP contribution in [0.4, 0.5) is 17.6 Å². The molecule has 2 N–H and O–H groups in total. The summed E-state index contributed by atoms with van der Waals surface area (Å²) in [4.78, 5) is 0. The van der Waals surface area contributed by atoms with E-state index >= 15 is 0 Å². The molecule has 0 aliphatic heterocycles. The Bertz CT molecular complexity index is 440. The van der Waals surface area contributed by atoms with Crippen molar-refractivity contribution in [1.29, 1.82) is 0 Å². The minimum absolute atomic E-state index is 0.149. The maximum Gasteiger partial charge on any atom is 0.419 e. The van der Waals surface area contributed by atoms with Gasteiger partial charge in [0.1, 0.15) is 5.82 Å². The second-order valence-corrected chi connectivity index (χ2v) is 3.39. The molecule has 0 unspecified atom stereocenters. The molecule has 1 aromatic carbocycles. The van der Waals surface area contributed by atoms with Crippen molar-refractivity contribution < 1.29 is 17.6 Å². The Labute approximate surface area is 96.6 Å².